The third-order valence-corrected chi connectivity index (χ3v) is 0.433. The summed E-state index contributed by atoms with van der Waals surface area (Å²) in [5.74, 6) is -2.50. The van der Waals surface area contributed by atoms with Gasteiger partial charge in [0, 0.05) is 33.9 Å². The van der Waals surface area contributed by atoms with Crippen LogP contribution in [0.2, 0.25) is 0 Å². The van der Waals surface area contributed by atoms with Gasteiger partial charge in [-0.3, -0.25) is 14.4 Å². The Morgan fingerprint density at radius 3 is 1.33 bits per heavy atom. The van der Waals surface area contributed by atoms with E-state index in [1.807, 2.05) is 0 Å². The van der Waals surface area contributed by atoms with Crippen LogP contribution in [0.15, 0.2) is 12.8 Å². The third-order valence-electron chi connectivity index (χ3n) is 0.433. The molecule has 0 amide bonds. The average molecular weight is 266 g/mol. The van der Waals surface area contributed by atoms with Crippen LogP contribution >= 0.6 is 0 Å². The minimum absolute atomic E-state index is 0.673. The van der Waals surface area contributed by atoms with Crippen molar-refractivity contribution in [3.63, 3.8) is 0 Å². The van der Waals surface area contributed by atoms with Crippen LogP contribution in [0.4, 0.5) is 0 Å². The standard InChI is InChI=1S/C4H10N2.3C2H4O2/c1-2-6-4-3-5;3*1-2(3)4/h2,6H,1,3-5H2;3*1H3,(H,3,4). The van der Waals surface area contributed by atoms with Gasteiger partial charge in [-0.2, -0.15) is 0 Å². The van der Waals surface area contributed by atoms with Gasteiger partial charge in [0.05, 0.1) is 0 Å². The lowest BCUT2D eigenvalue weighted by molar-refractivity contribution is -0.135. The zero-order chi connectivity index (χ0) is 15.6. The second kappa shape index (κ2) is 24.2. The van der Waals surface area contributed by atoms with Gasteiger partial charge in [0.1, 0.15) is 0 Å². The molecule has 0 aromatic heterocycles. The molecular formula is C10H22N2O6. The molecule has 0 aromatic rings. The summed E-state index contributed by atoms with van der Waals surface area (Å²) in [6, 6.07) is 0. The molecule has 18 heavy (non-hydrogen) atoms. The van der Waals surface area contributed by atoms with Gasteiger partial charge in [-0.05, 0) is 6.20 Å². The monoisotopic (exact) mass is 266 g/mol. The van der Waals surface area contributed by atoms with Gasteiger partial charge >= 0.3 is 0 Å². The van der Waals surface area contributed by atoms with Gasteiger partial charge in [0.15, 0.2) is 0 Å². The molecule has 0 aliphatic heterocycles. The van der Waals surface area contributed by atoms with Crippen LogP contribution in [0.25, 0.3) is 0 Å². The highest BCUT2D eigenvalue weighted by Crippen LogP contribution is 1.48. The maximum absolute atomic E-state index is 9.00. The van der Waals surface area contributed by atoms with Crippen LogP contribution in [0.5, 0.6) is 0 Å². The summed E-state index contributed by atoms with van der Waals surface area (Å²) in [6.07, 6.45) is 1.63. The van der Waals surface area contributed by atoms with Crippen molar-refractivity contribution in [1.29, 1.82) is 0 Å². The largest absolute Gasteiger partial charge is 0.481 e. The predicted molar refractivity (Wildman–Crippen MR) is 67.2 cm³/mol. The van der Waals surface area contributed by atoms with Gasteiger partial charge in [-0.15, -0.1) is 0 Å². The first-order valence-electron chi connectivity index (χ1n) is 4.74. The predicted octanol–water partition coefficient (Wildman–Crippen LogP) is -0.0491. The first kappa shape index (κ1) is 24.9. The van der Waals surface area contributed by atoms with Crippen molar-refractivity contribution in [3.05, 3.63) is 12.8 Å². The molecule has 8 heteroatoms. The molecule has 0 radical (unpaired) electrons. The Labute approximate surface area is 106 Å². The molecule has 108 valence electrons. The van der Waals surface area contributed by atoms with E-state index >= 15 is 0 Å². The first-order valence-corrected chi connectivity index (χ1v) is 4.74. The Bertz CT molecular complexity index is 190. The molecule has 0 unspecified atom stereocenters. The van der Waals surface area contributed by atoms with Crippen LogP contribution in [0.3, 0.4) is 0 Å². The molecule has 0 aliphatic rings. The van der Waals surface area contributed by atoms with E-state index in [1.165, 1.54) is 0 Å². The summed E-state index contributed by atoms with van der Waals surface area (Å²) in [5, 5.41) is 25.1. The van der Waals surface area contributed by atoms with Crippen molar-refractivity contribution in [2.45, 2.75) is 20.8 Å². The van der Waals surface area contributed by atoms with Gasteiger partial charge < -0.3 is 26.4 Å². The maximum atomic E-state index is 9.00. The molecular weight excluding hydrogens is 244 g/mol. The summed E-state index contributed by atoms with van der Waals surface area (Å²) in [7, 11) is 0. The van der Waals surface area contributed by atoms with Crippen LogP contribution in [0, 0.1) is 0 Å². The summed E-state index contributed by atoms with van der Waals surface area (Å²) in [5.41, 5.74) is 5.10. The molecule has 0 bridgehead atoms. The SMILES string of the molecule is C=CNCCN.CC(=O)O.CC(=O)O.CC(=O)O. The van der Waals surface area contributed by atoms with Crippen molar-refractivity contribution in [1.82, 2.24) is 5.32 Å². The summed E-state index contributed by atoms with van der Waals surface area (Å²) < 4.78 is 0. The lowest BCUT2D eigenvalue weighted by Gasteiger charge is -1.89. The second-order valence-electron chi connectivity index (χ2n) is 2.50. The highest BCUT2D eigenvalue weighted by Gasteiger charge is 1.67. The number of rotatable bonds is 3. The Morgan fingerprint density at radius 1 is 1.06 bits per heavy atom. The van der Waals surface area contributed by atoms with Gasteiger partial charge in [-0.1, -0.05) is 6.58 Å². The normalized spacial score (nSPS) is 6.67. The van der Waals surface area contributed by atoms with E-state index in [0.29, 0.717) is 6.54 Å². The van der Waals surface area contributed by atoms with Crippen LogP contribution in [-0.2, 0) is 14.4 Å². The lowest BCUT2D eigenvalue weighted by atomic mass is 10.6. The maximum Gasteiger partial charge on any atom is 0.300 e. The van der Waals surface area contributed by atoms with Crippen molar-refractivity contribution >= 4 is 17.9 Å². The molecule has 0 aliphatic carbocycles. The average Bonchev–Trinajstić information content (AvgIpc) is 2.11. The number of hydrogen-bond acceptors (Lipinski definition) is 5. The number of aliphatic carboxylic acids is 3. The molecule has 0 heterocycles. The summed E-state index contributed by atoms with van der Waals surface area (Å²) in [4.78, 5) is 27.0. The Kier molecular flexibility index (Phi) is 33.6. The molecule has 0 aromatic carbocycles. The number of nitrogens with one attached hydrogen (secondary N) is 1. The fourth-order valence-corrected chi connectivity index (χ4v) is 0.185. The number of nitrogens with two attached hydrogens (primary N) is 1. The molecule has 0 spiro atoms. The topological polar surface area (TPSA) is 150 Å². The summed E-state index contributed by atoms with van der Waals surface area (Å²) in [6.45, 7) is 8.18. The Morgan fingerprint density at radius 2 is 1.28 bits per heavy atom. The smallest absolute Gasteiger partial charge is 0.300 e. The lowest BCUT2D eigenvalue weighted by Crippen LogP contribution is -2.16. The van der Waals surface area contributed by atoms with Gasteiger partial charge in [0.2, 0.25) is 0 Å². The molecule has 6 N–H and O–H groups in total. The summed E-state index contributed by atoms with van der Waals surface area (Å²) >= 11 is 0. The number of carbonyl (C=O) groups is 3. The quantitative estimate of drug-likeness (QED) is 0.446. The minimum atomic E-state index is -0.833. The van der Waals surface area contributed by atoms with E-state index in [2.05, 4.69) is 11.9 Å². The fourth-order valence-electron chi connectivity index (χ4n) is 0.185. The van der Waals surface area contributed by atoms with E-state index in [1.54, 1.807) is 6.20 Å². The molecule has 0 rings (SSSR count). The van der Waals surface area contributed by atoms with Gasteiger partial charge in [0.25, 0.3) is 17.9 Å². The fraction of sp³-hybridized carbons (Fsp3) is 0.500. The molecule has 0 saturated carbocycles. The van der Waals surface area contributed by atoms with Crippen molar-refractivity contribution in [2.24, 2.45) is 5.73 Å². The van der Waals surface area contributed by atoms with Crippen LogP contribution < -0.4 is 11.1 Å². The van der Waals surface area contributed by atoms with E-state index in [0.717, 1.165) is 27.3 Å². The van der Waals surface area contributed by atoms with Crippen LogP contribution in [0.1, 0.15) is 20.8 Å². The molecule has 0 atom stereocenters. The number of hydrogen-bond donors (Lipinski definition) is 5. The second-order valence-corrected chi connectivity index (χ2v) is 2.50. The Balaban J connectivity index is -0.0000000742. The van der Waals surface area contributed by atoms with E-state index in [4.69, 9.17) is 35.4 Å². The number of carboxylic acid groups (broad SMARTS) is 3. The molecule has 8 nitrogen and oxygen atoms in total. The van der Waals surface area contributed by atoms with E-state index in [9.17, 15) is 0 Å². The van der Waals surface area contributed by atoms with E-state index in [-0.39, 0.29) is 0 Å². The highest BCUT2D eigenvalue weighted by atomic mass is 16.4. The highest BCUT2D eigenvalue weighted by molar-refractivity contribution is 5.63. The van der Waals surface area contributed by atoms with E-state index < -0.39 is 17.9 Å². The van der Waals surface area contributed by atoms with Crippen LogP contribution in [-0.4, -0.2) is 46.3 Å². The molecule has 0 fully saturated rings. The van der Waals surface area contributed by atoms with Gasteiger partial charge in [-0.25, -0.2) is 0 Å². The minimum Gasteiger partial charge on any atom is -0.481 e. The third kappa shape index (κ3) is 2800. The zero-order valence-electron chi connectivity index (χ0n) is 10.8. The van der Waals surface area contributed by atoms with Crippen molar-refractivity contribution in [2.75, 3.05) is 13.1 Å². The Hall–Kier alpha value is -2.09. The number of carboxylic acids is 3. The van der Waals surface area contributed by atoms with Crippen molar-refractivity contribution in [3.8, 4) is 0 Å². The first-order chi connectivity index (χ1) is 8.11. The molecule has 0 saturated heterocycles. The zero-order valence-corrected chi connectivity index (χ0v) is 10.8. The van der Waals surface area contributed by atoms with Crippen molar-refractivity contribution < 1.29 is 29.7 Å².